The highest BCUT2D eigenvalue weighted by atomic mass is 127. The molecule has 0 fully saturated rings. The van der Waals surface area contributed by atoms with Gasteiger partial charge >= 0.3 is 0 Å². The summed E-state index contributed by atoms with van der Waals surface area (Å²) in [5.41, 5.74) is 2.78. The first-order valence-electron chi connectivity index (χ1n) is 5.63. The Morgan fingerprint density at radius 2 is 2.06 bits per heavy atom. The minimum atomic E-state index is 0. The van der Waals surface area contributed by atoms with Crippen molar-refractivity contribution in [2.45, 2.75) is 27.2 Å². The molecule has 0 saturated heterocycles. The first-order chi connectivity index (χ1) is 7.26. The number of rotatable bonds is 5. The molecule has 0 aliphatic carbocycles. The maximum Gasteiger partial charge on any atom is 0.273 e. The van der Waals surface area contributed by atoms with Crippen LogP contribution in [0.25, 0.3) is 0 Å². The van der Waals surface area contributed by atoms with Gasteiger partial charge in [-0.15, -0.1) is 0 Å². The van der Waals surface area contributed by atoms with Crippen molar-refractivity contribution >= 4 is 6.21 Å². The first kappa shape index (κ1) is 18.7. The largest absolute Gasteiger partial charge is 1.00 e. The highest BCUT2D eigenvalue weighted by Gasteiger charge is 2.05. The van der Waals surface area contributed by atoms with Gasteiger partial charge < -0.3 is 24.0 Å². The van der Waals surface area contributed by atoms with E-state index in [4.69, 9.17) is 0 Å². The Balaban J connectivity index is 0. The molecule has 94 valence electrons. The van der Waals surface area contributed by atoms with E-state index < -0.39 is 0 Å². The zero-order chi connectivity index (χ0) is 11.1. The lowest BCUT2D eigenvalue weighted by molar-refractivity contribution is -0.516. The average molecular weight is 345 g/mol. The van der Waals surface area contributed by atoms with Gasteiger partial charge in [0.25, 0.3) is 6.54 Å². The molecule has 0 heterocycles. The van der Waals surface area contributed by atoms with Gasteiger partial charge in [-0.3, -0.25) is 0 Å². The van der Waals surface area contributed by atoms with Gasteiger partial charge in [-0.25, -0.2) is 4.58 Å². The van der Waals surface area contributed by atoms with Gasteiger partial charge in [0.15, 0.2) is 6.54 Å². The summed E-state index contributed by atoms with van der Waals surface area (Å²) < 4.78 is 2.34. The summed E-state index contributed by atoms with van der Waals surface area (Å²) in [4.78, 5) is 0. The van der Waals surface area contributed by atoms with Crippen molar-refractivity contribution in [3.63, 3.8) is 0 Å². The molecule has 1 aromatic carbocycles. The molecule has 0 atom stereocenters. The zero-order valence-electron chi connectivity index (χ0n) is 11.4. The minimum absolute atomic E-state index is 0. The molecular weight excluding hydrogens is 321 g/mol. The SMILES string of the molecule is CC=[N+](C[CH+]C)CCc1cccc(C)c1.[CH3+].[I-]. The molecular formula is C15H24IN+2. The Bertz CT molecular complexity index is 331. The van der Waals surface area contributed by atoms with Gasteiger partial charge in [0.05, 0.1) is 6.92 Å². The number of hydrogen-bond acceptors (Lipinski definition) is 0. The Hall–Kier alpha value is -0.640. The Kier molecular flexibility index (Phi) is 11.6. The maximum atomic E-state index is 2.34. The van der Waals surface area contributed by atoms with Crippen LogP contribution in [0.15, 0.2) is 24.3 Å². The van der Waals surface area contributed by atoms with E-state index in [0.29, 0.717) is 0 Å². The van der Waals surface area contributed by atoms with Crippen molar-refractivity contribution in [2.75, 3.05) is 13.1 Å². The quantitative estimate of drug-likeness (QED) is 0.313. The second-order valence-electron chi connectivity index (χ2n) is 3.90. The van der Waals surface area contributed by atoms with Gasteiger partial charge in [-0.1, -0.05) is 29.8 Å². The van der Waals surface area contributed by atoms with Crippen LogP contribution < -0.4 is 24.0 Å². The fourth-order valence-corrected chi connectivity index (χ4v) is 1.70. The van der Waals surface area contributed by atoms with Crippen molar-refractivity contribution in [1.29, 1.82) is 0 Å². The maximum absolute atomic E-state index is 2.34. The van der Waals surface area contributed by atoms with E-state index in [0.717, 1.165) is 19.5 Å². The molecule has 0 aliphatic heterocycles. The van der Waals surface area contributed by atoms with E-state index >= 15 is 0 Å². The first-order valence-corrected chi connectivity index (χ1v) is 5.63. The Morgan fingerprint density at radius 3 is 2.59 bits per heavy atom. The summed E-state index contributed by atoms with van der Waals surface area (Å²) in [6.45, 7) is 8.49. The zero-order valence-corrected chi connectivity index (χ0v) is 13.6. The highest BCUT2D eigenvalue weighted by Crippen LogP contribution is 2.04. The van der Waals surface area contributed by atoms with Crippen LogP contribution in [0, 0.1) is 20.8 Å². The van der Waals surface area contributed by atoms with Crippen LogP contribution in [-0.2, 0) is 6.42 Å². The lowest BCUT2D eigenvalue weighted by atomic mass is 10.1. The van der Waals surface area contributed by atoms with Gasteiger partial charge in [-0.05, 0) is 12.5 Å². The van der Waals surface area contributed by atoms with Gasteiger partial charge in [-0.2, -0.15) is 0 Å². The number of nitrogens with zero attached hydrogens (tertiary/aromatic N) is 1. The van der Waals surface area contributed by atoms with E-state index in [1.807, 2.05) is 0 Å². The lowest BCUT2D eigenvalue weighted by Gasteiger charge is -2.01. The molecule has 1 rings (SSSR count). The van der Waals surface area contributed by atoms with Crippen LogP contribution in [-0.4, -0.2) is 23.9 Å². The molecule has 0 spiro atoms. The second kappa shape index (κ2) is 10.5. The second-order valence-corrected chi connectivity index (χ2v) is 3.90. The van der Waals surface area contributed by atoms with Gasteiger partial charge in [0.1, 0.15) is 12.6 Å². The van der Waals surface area contributed by atoms with Crippen LogP contribution >= 0.6 is 0 Å². The summed E-state index contributed by atoms with van der Waals surface area (Å²) >= 11 is 0. The van der Waals surface area contributed by atoms with E-state index in [1.54, 1.807) is 0 Å². The predicted octanol–water partition coefficient (Wildman–Crippen LogP) is 0.319. The van der Waals surface area contributed by atoms with Crippen molar-refractivity contribution in [1.82, 2.24) is 0 Å². The number of aryl methyl sites for hydroxylation is 1. The molecule has 0 N–H and O–H groups in total. The molecule has 0 aromatic heterocycles. The molecule has 0 aliphatic rings. The predicted molar refractivity (Wildman–Crippen MR) is 73.0 cm³/mol. The van der Waals surface area contributed by atoms with Crippen LogP contribution in [0.4, 0.5) is 0 Å². The fourth-order valence-electron chi connectivity index (χ4n) is 1.70. The molecule has 0 radical (unpaired) electrons. The lowest BCUT2D eigenvalue weighted by Crippen LogP contribution is -3.00. The van der Waals surface area contributed by atoms with E-state index in [1.165, 1.54) is 11.1 Å². The molecule has 1 aromatic rings. The molecule has 1 nitrogen and oxygen atoms in total. The number of halogens is 1. The average Bonchev–Trinajstić information content (AvgIpc) is 2.24. The third kappa shape index (κ3) is 7.31. The van der Waals surface area contributed by atoms with E-state index in [-0.39, 0.29) is 31.4 Å². The van der Waals surface area contributed by atoms with E-state index in [2.05, 4.69) is 62.2 Å². The minimum Gasteiger partial charge on any atom is -1.00 e. The standard InChI is InChI=1S/C14H21N.CH3.HI/c1-4-10-15(5-2)11-9-14-8-6-7-13(3)12-14;;/h4-8,12H,9-11H2,1-3H3;1H3;1H/q+2;+1;/p-1. The van der Waals surface area contributed by atoms with Crippen molar-refractivity contribution in [2.24, 2.45) is 0 Å². The van der Waals surface area contributed by atoms with Crippen LogP contribution in [0.2, 0.25) is 0 Å². The third-order valence-electron chi connectivity index (χ3n) is 2.55. The third-order valence-corrected chi connectivity index (χ3v) is 2.55. The summed E-state index contributed by atoms with van der Waals surface area (Å²) in [5.74, 6) is 0. The van der Waals surface area contributed by atoms with Crippen LogP contribution in [0.1, 0.15) is 25.0 Å². The summed E-state index contributed by atoms with van der Waals surface area (Å²) in [7, 11) is 0. The van der Waals surface area contributed by atoms with E-state index in [9.17, 15) is 0 Å². The topological polar surface area (TPSA) is 3.01 Å². The number of hydrogen-bond donors (Lipinski definition) is 0. The summed E-state index contributed by atoms with van der Waals surface area (Å²) in [5, 5.41) is 0. The smallest absolute Gasteiger partial charge is 0.273 e. The van der Waals surface area contributed by atoms with Crippen molar-refractivity contribution < 1.29 is 28.6 Å². The summed E-state index contributed by atoms with van der Waals surface area (Å²) in [6.07, 6.45) is 5.48. The Labute approximate surface area is 124 Å². The fraction of sp³-hybridized carbons (Fsp3) is 0.400. The Morgan fingerprint density at radius 1 is 1.35 bits per heavy atom. The molecule has 2 heteroatoms. The molecule has 17 heavy (non-hydrogen) atoms. The molecule has 0 unspecified atom stereocenters. The monoisotopic (exact) mass is 345 g/mol. The highest BCUT2D eigenvalue weighted by molar-refractivity contribution is 5.46. The van der Waals surface area contributed by atoms with Gasteiger partial charge in [0.2, 0.25) is 0 Å². The van der Waals surface area contributed by atoms with Gasteiger partial charge in [0, 0.05) is 20.8 Å². The van der Waals surface area contributed by atoms with Crippen molar-refractivity contribution in [3.8, 4) is 0 Å². The van der Waals surface area contributed by atoms with Crippen molar-refractivity contribution in [3.05, 3.63) is 49.2 Å². The molecule has 0 saturated carbocycles. The molecule has 0 amide bonds. The molecule has 0 bridgehead atoms. The number of benzene rings is 1. The normalized spacial score (nSPS) is 10.2. The van der Waals surface area contributed by atoms with Crippen LogP contribution in [0.3, 0.4) is 0 Å². The summed E-state index contributed by atoms with van der Waals surface area (Å²) in [6, 6.07) is 8.75. The van der Waals surface area contributed by atoms with Crippen LogP contribution in [0.5, 0.6) is 0 Å².